The van der Waals surface area contributed by atoms with Crippen LogP contribution in [-0.2, 0) is 4.79 Å². The second-order valence-corrected chi connectivity index (χ2v) is 8.24. The van der Waals surface area contributed by atoms with Gasteiger partial charge < -0.3 is 19.9 Å². The summed E-state index contributed by atoms with van der Waals surface area (Å²) in [6, 6.07) is 20.7. The van der Waals surface area contributed by atoms with E-state index in [2.05, 4.69) is 50.4 Å². The summed E-state index contributed by atoms with van der Waals surface area (Å²) < 4.78 is 5.43. The third kappa shape index (κ3) is 4.14. The Morgan fingerprint density at radius 2 is 1.84 bits per heavy atom. The Hall–Kier alpha value is -3.51. The molecule has 1 aromatic heterocycles. The van der Waals surface area contributed by atoms with E-state index >= 15 is 0 Å². The number of ether oxygens (including phenoxy) is 1. The van der Waals surface area contributed by atoms with Crippen LogP contribution in [0.2, 0.25) is 0 Å². The van der Waals surface area contributed by atoms with Gasteiger partial charge in [-0.1, -0.05) is 36.4 Å². The van der Waals surface area contributed by atoms with Crippen molar-refractivity contribution < 1.29 is 9.53 Å². The summed E-state index contributed by atoms with van der Waals surface area (Å²) in [7, 11) is 1.71. The SMILES string of the molecule is COc1ccc2cccc(N3CCN(CCC(=O)Nc4c[nH]c5ccccc45)CC3)c2c1. The Labute approximate surface area is 187 Å². The van der Waals surface area contributed by atoms with Gasteiger partial charge >= 0.3 is 0 Å². The predicted molar refractivity (Wildman–Crippen MR) is 131 cm³/mol. The summed E-state index contributed by atoms with van der Waals surface area (Å²) in [5.41, 5.74) is 3.13. The summed E-state index contributed by atoms with van der Waals surface area (Å²) >= 11 is 0. The maximum atomic E-state index is 12.5. The fraction of sp³-hybridized carbons (Fsp3) is 0.269. The molecule has 164 valence electrons. The van der Waals surface area contributed by atoms with Crippen LogP contribution >= 0.6 is 0 Å². The second kappa shape index (κ2) is 8.93. The molecular formula is C26H28N4O2. The number of rotatable bonds is 6. The van der Waals surface area contributed by atoms with Crippen molar-refractivity contribution in [3.8, 4) is 5.75 Å². The Morgan fingerprint density at radius 1 is 1.00 bits per heavy atom. The average Bonchev–Trinajstić information content (AvgIpc) is 3.25. The van der Waals surface area contributed by atoms with E-state index in [9.17, 15) is 4.79 Å². The van der Waals surface area contributed by atoms with Gasteiger partial charge in [0.1, 0.15) is 5.75 Å². The molecule has 0 atom stereocenters. The largest absolute Gasteiger partial charge is 0.497 e. The first kappa shape index (κ1) is 20.4. The van der Waals surface area contributed by atoms with Crippen molar-refractivity contribution in [2.45, 2.75) is 6.42 Å². The number of nitrogens with zero attached hydrogens (tertiary/aromatic N) is 2. The number of para-hydroxylation sites is 1. The van der Waals surface area contributed by atoms with Crippen molar-refractivity contribution >= 4 is 39.0 Å². The summed E-state index contributed by atoms with van der Waals surface area (Å²) in [5.74, 6) is 0.933. The van der Waals surface area contributed by atoms with E-state index in [-0.39, 0.29) is 5.91 Å². The quantitative estimate of drug-likeness (QED) is 0.475. The van der Waals surface area contributed by atoms with E-state index in [0.717, 1.165) is 55.1 Å². The first-order valence-electron chi connectivity index (χ1n) is 11.1. The fourth-order valence-corrected chi connectivity index (χ4v) is 4.50. The molecule has 1 aliphatic rings. The third-order valence-corrected chi connectivity index (χ3v) is 6.30. The molecule has 0 bridgehead atoms. The minimum Gasteiger partial charge on any atom is -0.497 e. The van der Waals surface area contributed by atoms with Crippen molar-refractivity contribution in [1.82, 2.24) is 9.88 Å². The lowest BCUT2D eigenvalue weighted by molar-refractivity contribution is -0.116. The molecule has 0 saturated carbocycles. The van der Waals surface area contributed by atoms with Crippen LogP contribution in [-0.4, -0.2) is 55.6 Å². The number of fused-ring (bicyclic) bond motifs is 2. The zero-order valence-corrected chi connectivity index (χ0v) is 18.3. The summed E-state index contributed by atoms with van der Waals surface area (Å²) in [6.45, 7) is 4.55. The van der Waals surface area contributed by atoms with E-state index in [4.69, 9.17) is 4.74 Å². The lowest BCUT2D eigenvalue weighted by Gasteiger charge is -2.36. The number of aromatic nitrogens is 1. The van der Waals surface area contributed by atoms with Gasteiger partial charge in [0.15, 0.2) is 0 Å². The Balaban J connectivity index is 1.17. The maximum absolute atomic E-state index is 12.5. The molecule has 6 nitrogen and oxygen atoms in total. The molecule has 6 heteroatoms. The van der Waals surface area contributed by atoms with Crippen molar-refractivity contribution in [1.29, 1.82) is 0 Å². The number of hydrogen-bond acceptors (Lipinski definition) is 4. The standard InChI is InChI=1S/C26H28N4O2/c1-32-20-10-9-19-5-4-8-25(22(19)17-20)30-15-13-29(14-16-30)12-11-26(31)28-24-18-27-23-7-3-2-6-21(23)24/h2-10,17-18,27H,11-16H2,1H3,(H,28,31). The fourth-order valence-electron chi connectivity index (χ4n) is 4.50. The number of carbonyl (C=O) groups is 1. The van der Waals surface area contributed by atoms with E-state index < -0.39 is 0 Å². The molecule has 1 saturated heterocycles. The normalized spacial score (nSPS) is 14.7. The van der Waals surface area contributed by atoms with E-state index in [1.807, 2.05) is 36.5 Å². The van der Waals surface area contributed by atoms with Crippen molar-refractivity contribution in [2.24, 2.45) is 0 Å². The second-order valence-electron chi connectivity index (χ2n) is 8.24. The van der Waals surface area contributed by atoms with Gasteiger partial charge in [-0.15, -0.1) is 0 Å². The Kier molecular flexibility index (Phi) is 5.69. The Bertz CT molecular complexity index is 1240. The van der Waals surface area contributed by atoms with Crippen molar-refractivity contribution in [2.75, 3.05) is 50.1 Å². The smallest absolute Gasteiger partial charge is 0.225 e. The van der Waals surface area contributed by atoms with Crippen LogP contribution in [0.15, 0.2) is 66.9 Å². The van der Waals surface area contributed by atoms with Crippen LogP contribution in [0.3, 0.4) is 0 Å². The van der Waals surface area contributed by atoms with Gasteiger partial charge in [-0.25, -0.2) is 0 Å². The van der Waals surface area contributed by atoms with Gasteiger partial charge in [0.2, 0.25) is 5.91 Å². The highest BCUT2D eigenvalue weighted by atomic mass is 16.5. The van der Waals surface area contributed by atoms with E-state index in [1.54, 1.807) is 7.11 Å². The highest BCUT2D eigenvalue weighted by molar-refractivity contribution is 6.01. The topological polar surface area (TPSA) is 60.6 Å². The summed E-state index contributed by atoms with van der Waals surface area (Å²) in [5, 5.41) is 6.54. The van der Waals surface area contributed by atoms with Crippen molar-refractivity contribution in [3.05, 3.63) is 66.9 Å². The highest BCUT2D eigenvalue weighted by Crippen LogP contribution is 2.30. The molecule has 32 heavy (non-hydrogen) atoms. The minimum atomic E-state index is 0.0540. The maximum Gasteiger partial charge on any atom is 0.225 e. The van der Waals surface area contributed by atoms with Gasteiger partial charge in [0, 0.05) is 67.3 Å². The van der Waals surface area contributed by atoms with Gasteiger partial charge in [0.05, 0.1) is 12.8 Å². The molecule has 0 unspecified atom stereocenters. The number of benzene rings is 3. The Morgan fingerprint density at radius 3 is 2.69 bits per heavy atom. The molecule has 0 radical (unpaired) electrons. The molecule has 5 rings (SSSR count). The first-order chi connectivity index (χ1) is 15.7. The molecule has 1 amide bonds. The number of methoxy groups -OCH3 is 1. The van der Waals surface area contributed by atoms with Gasteiger partial charge in [-0.2, -0.15) is 0 Å². The van der Waals surface area contributed by atoms with Crippen LogP contribution in [0.1, 0.15) is 6.42 Å². The van der Waals surface area contributed by atoms with Crippen LogP contribution < -0.4 is 15.0 Å². The molecule has 2 heterocycles. The van der Waals surface area contributed by atoms with Crippen LogP contribution in [0.5, 0.6) is 5.75 Å². The lowest BCUT2D eigenvalue weighted by atomic mass is 10.1. The molecule has 2 N–H and O–H groups in total. The number of anilines is 2. The predicted octanol–water partition coefficient (Wildman–Crippen LogP) is 4.48. The number of nitrogens with one attached hydrogen (secondary N) is 2. The molecule has 1 fully saturated rings. The number of piperazine rings is 1. The number of aromatic amines is 1. The zero-order valence-electron chi connectivity index (χ0n) is 18.3. The summed E-state index contributed by atoms with van der Waals surface area (Å²) in [6.07, 6.45) is 2.35. The number of amides is 1. The molecule has 0 spiro atoms. The van der Waals surface area contributed by atoms with E-state index in [0.29, 0.717) is 6.42 Å². The monoisotopic (exact) mass is 428 g/mol. The average molecular weight is 429 g/mol. The summed E-state index contributed by atoms with van der Waals surface area (Å²) in [4.78, 5) is 20.5. The van der Waals surface area contributed by atoms with Crippen molar-refractivity contribution in [3.63, 3.8) is 0 Å². The lowest BCUT2D eigenvalue weighted by Crippen LogP contribution is -2.47. The van der Waals surface area contributed by atoms with Gasteiger partial charge in [-0.05, 0) is 29.7 Å². The number of carbonyl (C=O) groups excluding carboxylic acids is 1. The zero-order chi connectivity index (χ0) is 21.9. The first-order valence-corrected chi connectivity index (χ1v) is 11.1. The van der Waals surface area contributed by atoms with E-state index in [1.165, 1.54) is 16.5 Å². The third-order valence-electron chi connectivity index (χ3n) is 6.30. The van der Waals surface area contributed by atoms with Gasteiger partial charge in [-0.3, -0.25) is 9.69 Å². The highest BCUT2D eigenvalue weighted by Gasteiger charge is 2.19. The van der Waals surface area contributed by atoms with Crippen LogP contribution in [0.25, 0.3) is 21.7 Å². The number of hydrogen-bond donors (Lipinski definition) is 2. The van der Waals surface area contributed by atoms with Crippen LogP contribution in [0.4, 0.5) is 11.4 Å². The molecule has 1 aliphatic heterocycles. The molecular weight excluding hydrogens is 400 g/mol. The van der Waals surface area contributed by atoms with Crippen LogP contribution in [0, 0.1) is 0 Å². The minimum absolute atomic E-state index is 0.0540. The number of H-pyrrole nitrogens is 1. The molecule has 3 aromatic carbocycles. The molecule has 4 aromatic rings. The van der Waals surface area contributed by atoms with Gasteiger partial charge in [0.25, 0.3) is 0 Å². The molecule has 0 aliphatic carbocycles.